The number of carbonyl (C=O) groups is 2. The van der Waals surface area contributed by atoms with Gasteiger partial charge in [0.1, 0.15) is 5.76 Å². The molecule has 118 valence electrons. The third-order valence-corrected chi connectivity index (χ3v) is 2.93. The summed E-state index contributed by atoms with van der Waals surface area (Å²) in [6, 6.07) is 3.58. The summed E-state index contributed by atoms with van der Waals surface area (Å²) in [5.41, 5.74) is -0.515. The molecule has 0 saturated heterocycles. The fourth-order valence-corrected chi connectivity index (χ4v) is 1.62. The number of hydrogen-bond acceptors (Lipinski definition) is 4. The van der Waals surface area contributed by atoms with E-state index >= 15 is 0 Å². The van der Waals surface area contributed by atoms with E-state index in [9.17, 15) is 9.59 Å². The van der Waals surface area contributed by atoms with Crippen LogP contribution in [0.25, 0.3) is 0 Å². The quantitative estimate of drug-likeness (QED) is 0.826. The monoisotopic (exact) mass is 296 g/mol. The van der Waals surface area contributed by atoms with E-state index in [4.69, 9.17) is 9.15 Å². The Bertz CT molecular complexity index is 449. The lowest BCUT2D eigenvalue weighted by Gasteiger charge is -2.23. The summed E-state index contributed by atoms with van der Waals surface area (Å²) in [5, 5.41) is 2.66. The molecule has 1 heterocycles. The van der Waals surface area contributed by atoms with Crippen LogP contribution in [0.5, 0.6) is 0 Å². The van der Waals surface area contributed by atoms with Crippen molar-refractivity contribution < 1.29 is 18.7 Å². The first-order valence-corrected chi connectivity index (χ1v) is 6.92. The molecular weight excluding hydrogens is 272 g/mol. The molecule has 1 rings (SSSR count). The van der Waals surface area contributed by atoms with Crippen LogP contribution in [0.15, 0.2) is 22.8 Å². The van der Waals surface area contributed by atoms with E-state index in [1.165, 1.54) is 0 Å². The highest BCUT2D eigenvalue weighted by molar-refractivity contribution is 5.87. The van der Waals surface area contributed by atoms with Crippen molar-refractivity contribution in [3.8, 4) is 0 Å². The highest BCUT2D eigenvalue weighted by atomic mass is 16.5. The minimum absolute atomic E-state index is 0.0273. The highest BCUT2D eigenvalue weighted by Crippen LogP contribution is 2.12. The van der Waals surface area contributed by atoms with E-state index in [2.05, 4.69) is 5.32 Å². The largest absolute Gasteiger partial charge is 0.467 e. The number of rotatable bonds is 7. The summed E-state index contributed by atoms with van der Waals surface area (Å²) in [6.07, 6.45) is 1.57. The fourth-order valence-electron chi connectivity index (χ4n) is 1.62. The van der Waals surface area contributed by atoms with Gasteiger partial charge in [0, 0.05) is 19.1 Å². The van der Waals surface area contributed by atoms with E-state index in [0.29, 0.717) is 25.5 Å². The molecule has 2 amide bonds. The Kier molecular flexibility index (Phi) is 6.42. The SMILES string of the molecule is COCCN(Cc1ccco1)C(=O)CNC(=O)C(C)(C)C. The number of carbonyl (C=O) groups excluding carboxylic acids is 2. The van der Waals surface area contributed by atoms with Crippen molar-refractivity contribution in [3.63, 3.8) is 0 Å². The Hall–Kier alpha value is -1.82. The van der Waals surface area contributed by atoms with Gasteiger partial charge in [0.25, 0.3) is 0 Å². The molecule has 1 aromatic rings. The summed E-state index contributed by atoms with van der Waals surface area (Å²) in [6.45, 7) is 6.62. The maximum Gasteiger partial charge on any atom is 0.242 e. The van der Waals surface area contributed by atoms with Crippen LogP contribution in [0.3, 0.4) is 0 Å². The number of methoxy groups -OCH3 is 1. The molecule has 0 radical (unpaired) electrons. The zero-order chi connectivity index (χ0) is 15.9. The van der Waals surface area contributed by atoms with Gasteiger partial charge >= 0.3 is 0 Å². The van der Waals surface area contributed by atoms with Gasteiger partial charge in [-0.1, -0.05) is 20.8 Å². The molecule has 1 N–H and O–H groups in total. The molecule has 0 fully saturated rings. The van der Waals surface area contributed by atoms with Gasteiger partial charge in [0.15, 0.2) is 0 Å². The molecular formula is C15H24N2O4. The maximum atomic E-state index is 12.2. The Morgan fingerprint density at radius 2 is 2.10 bits per heavy atom. The molecule has 0 aliphatic heterocycles. The van der Waals surface area contributed by atoms with E-state index in [-0.39, 0.29) is 18.4 Å². The first kappa shape index (κ1) is 17.2. The number of amides is 2. The van der Waals surface area contributed by atoms with E-state index in [0.717, 1.165) is 0 Å². The van der Waals surface area contributed by atoms with Gasteiger partial charge < -0.3 is 19.4 Å². The van der Waals surface area contributed by atoms with Crippen LogP contribution in [0.1, 0.15) is 26.5 Å². The van der Waals surface area contributed by atoms with Crippen molar-refractivity contribution in [2.24, 2.45) is 5.41 Å². The van der Waals surface area contributed by atoms with Crippen LogP contribution in [0, 0.1) is 5.41 Å². The van der Waals surface area contributed by atoms with Gasteiger partial charge in [-0.25, -0.2) is 0 Å². The predicted molar refractivity (Wildman–Crippen MR) is 78.5 cm³/mol. The third kappa shape index (κ3) is 5.99. The van der Waals surface area contributed by atoms with Crippen molar-refractivity contribution in [1.29, 1.82) is 0 Å². The molecule has 6 nitrogen and oxygen atoms in total. The average Bonchev–Trinajstić information content (AvgIpc) is 2.92. The van der Waals surface area contributed by atoms with Crippen molar-refractivity contribution in [2.75, 3.05) is 26.8 Å². The predicted octanol–water partition coefficient (Wildman–Crippen LogP) is 1.42. The molecule has 0 unspecified atom stereocenters. The van der Waals surface area contributed by atoms with Gasteiger partial charge in [-0.05, 0) is 12.1 Å². The summed E-state index contributed by atoms with van der Waals surface area (Å²) < 4.78 is 10.3. The van der Waals surface area contributed by atoms with E-state index < -0.39 is 5.41 Å². The van der Waals surface area contributed by atoms with Crippen LogP contribution >= 0.6 is 0 Å². The van der Waals surface area contributed by atoms with Crippen LogP contribution < -0.4 is 5.32 Å². The zero-order valence-electron chi connectivity index (χ0n) is 13.1. The molecule has 21 heavy (non-hydrogen) atoms. The van der Waals surface area contributed by atoms with Crippen LogP contribution in [-0.2, 0) is 20.9 Å². The molecule has 0 saturated carbocycles. The average molecular weight is 296 g/mol. The fraction of sp³-hybridized carbons (Fsp3) is 0.600. The molecule has 1 aromatic heterocycles. The van der Waals surface area contributed by atoms with Crippen LogP contribution in [0.4, 0.5) is 0 Å². The lowest BCUT2D eigenvalue weighted by molar-refractivity contribution is -0.136. The summed E-state index contributed by atoms with van der Waals surface area (Å²) >= 11 is 0. The number of ether oxygens (including phenoxy) is 1. The smallest absolute Gasteiger partial charge is 0.242 e. The molecule has 0 bridgehead atoms. The third-order valence-electron chi connectivity index (χ3n) is 2.93. The summed E-state index contributed by atoms with van der Waals surface area (Å²) in [5.74, 6) is 0.378. The van der Waals surface area contributed by atoms with Gasteiger partial charge in [-0.3, -0.25) is 9.59 Å². The van der Waals surface area contributed by atoms with Gasteiger partial charge in [-0.15, -0.1) is 0 Å². The first-order valence-electron chi connectivity index (χ1n) is 6.92. The normalized spacial score (nSPS) is 11.2. The van der Waals surface area contributed by atoms with E-state index in [1.807, 2.05) is 0 Å². The van der Waals surface area contributed by atoms with Crippen molar-refractivity contribution in [3.05, 3.63) is 24.2 Å². The number of nitrogens with zero attached hydrogens (tertiary/aromatic N) is 1. The number of furan rings is 1. The Morgan fingerprint density at radius 3 is 2.62 bits per heavy atom. The zero-order valence-corrected chi connectivity index (χ0v) is 13.1. The first-order chi connectivity index (χ1) is 9.84. The molecule has 0 aliphatic carbocycles. The minimum atomic E-state index is -0.515. The van der Waals surface area contributed by atoms with Crippen molar-refractivity contribution >= 4 is 11.8 Å². The molecule has 0 spiro atoms. The molecule has 0 aromatic carbocycles. The van der Waals surface area contributed by atoms with Gasteiger partial charge in [0.05, 0.1) is 26.0 Å². The number of hydrogen-bond donors (Lipinski definition) is 1. The second-order valence-corrected chi connectivity index (χ2v) is 5.82. The van der Waals surface area contributed by atoms with E-state index in [1.54, 1.807) is 51.2 Å². The van der Waals surface area contributed by atoms with Crippen molar-refractivity contribution in [1.82, 2.24) is 10.2 Å². The van der Waals surface area contributed by atoms with Gasteiger partial charge in [0.2, 0.25) is 11.8 Å². The van der Waals surface area contributed by atoms with Crippen molar-refractivity contribution in [2.45, 2.75) is 27.3 Å². The second-order valence-electron chi connectivity index (χ2n) is 5.82. The van der Waals surface area contributed by atoms with Gasteiger partial charge in [-0.2, -0.15) is 0 Å². The standard InChI is InChI=1S/C15H24N2O4/c1-15(2,3)14(19)16-10-13(18)17(7-9-20-4)11-12-6-5-8-21-12/h5-6,8H,7,9-11H2,1-4H3,(H,16,19). The summed E-state index contributed by atoms with van der Waals surface area (Å²) in [4.78, 5) is 25.6. The molecule has 6 heteroatoms. The van der Waals surface area contributed by atoms with Crippen LogP contribution in [-0.4, -0.2) is 43.5 Å². The second kappa shape index (κ2) is 7.83. The lowest BCUT2D eigenvalue weighted by Crippen LogP contribution is -2.44. The van der Waals surface area contributed by atoms with Crippen LogP contribution in [0.2, 0.25) is 0 Å². The topological polar surface area (TPSA) is 71.8 Å². The highest BCUT2D eigenvalue weighted by Gasteiger charge is 2.23. The molecule has 0 atom stereocenters. The summed E-state index contributed by atoms with van der Waals surface area (Å²) in [7, 11) is 1.58. The minimum Gasteiger partial charge on any atom is -0.467 e. The maximum absolute atomic E-state index is 12.2. The Labute approximate surface area is 125 Å². The lowest BCUT2D eigenvalue weighted by atomic mass is 9.96. The molecule has 0 aliphatic rings. The Morgan fingerprint density at radius 1 is 1.38 bits per heavy atom. The number of nitrogens with one attached hydrogen (secondary N) is 1. The Balaban J connectivity index is 2.56.